The van der Waals surface area contributed by atoms with E-state index in [-0.39, 0.29) is 52.7 Å². The van der Waals surface area contributed by atoms with Crippen molar-refractivity contribution in [1.29, 1.82) is 0 Å². The smallest absolute Gasteiger partial charge is 0.309 e. The molecule has 0 radical (unpaired) electrons. The van der Waals surface area contributed by atoms with Gasteiger partial charge in [0.1, 0.15) is 6.10 Å². The first-order valence-electron chi connectivity index (χ1n) is 11.1. The van der Waals surface area contributed by atoms with Gasteiger partial charge in [0.2, 0.25) is 5.91 Å². The van der Waals surface area contributed by atoms with Crippen LogP contribution in [0.1, 0.15) is 65.7 Å². The molecule has 6 heteroatoms. The van der Waals surface area contributed by atoms with Crippen molar-refractivity contribution >= 4 is 17.8 Å². The van der Waals surface area contributed by atoms with Crippen molar-refractivity contribution in [3.8, 4) is 0 Å². The number of amides is 1. The number of rotatable bonds is 2. The predicted molar refractivity (Wildman–Crippen MR) is 107 cm³/mol. The Hall–Kier alpha value is -1.59. The number of fused-ring (bicyclic) bond motifs is 5. The highest BCUT2D eigenvalue weighted by Crippen LogP contribution is 2.66. The summed E-state index contributed by atoms with van der Waals surface area (Å²) in [6.45, 7) is 6.07. The number of carbonyl (C=O) groups is 3. The van der Waals surface area contributed by atoms with Crippen molar-refractivity contribution in [2.24, 2.45) is 34.5 Å². The van der Waals surface area contributed by atoms with Crippen molar-refractivity contribution in [2.45, 2.75) is 77.9 Å². The maximum Gasteiger partial charge on any atom is 0.309 e. The number of methoxy groups -OCH3 is 1. The van der Waals surface area contributed by atoms with Crippen LogP contribution in [0.5, 0.6) is 0 Å². The molecule has 29 heavy (non-hydrogen) atoms. The molecule has 3 aliphatic carbocycles. The normalized spacial score (nSPS) is 46.4. The molecule has 0 bridgehead atoms. The highest BCUT2D eigenvalue weighted by Gasteiger charge is 2.65. The van der Waals surface area contributed by atoms with Gasteiger partial charge in [-0.1, -0.05) is 13.8 Å². The van der Waals surface area contributed by atoms with E-state index in [4.69, 9.17) is 9.47 Å². The minimum Gasteiger partial charge on any atom is -0.469 e. The molecular weight excluding hydrogens is 370 g/mol. The highest BCUT2D eigenvalue weighted by molar-refractivity contribution is 5.77. The first kappa shape index (κ1) is 20.7. The van der Waals surface area contributed by atoms with Gasteiger partial charge >= 0.3 is 11.9 Å². The van der Waals surface area contributed by atoms with Gasteiger partial charge in [-0.3, -0.25) is 14.4 Å². The molecule has 4 rings (SSSR count). The van der Waals surface area contributed by atoms with Crippen LogP contribution in [0.2, 0.25) is 0 Å². The van der Waals surface area contributed by atoms with E-state index in [0.29, 0.717) is 24.7 Å². The molecular formula is C23H35NO5. The molecule has 6 nitrogen and oxygen atoms in total. The Labute approximate surface area is 173 Å². The Bertz CT molecular complexity index is 722. The van der Waals surface area contributed by atoms with Gasteiger partial charge in [0.15, 0.2) is 0 Å². The van der Waals surface area contributed by atoms with Gasteiger partial charge in [-0.05, 0) is 54.8 Å². The fourth-order valence-electron chi connectivity index (χ4n) is 7.92. The van der Waals surface area contributed by atoms with Crippen LogP contribution < -0.4 is 0 Å². The van der Waals surface area contributed by atoms with Crippen LogP contribution >= 0.6 is 0 Å². The number of esters is 2. The van der Waals surface area contributed by atoms with E-state index in [1.165, 1.54) is 14.0 Å². The highest BCUT2D eigenvalue weighted by atomic mass is 16.5. The third-order valence-corrected chi connectivity index (χ3v) is 9.37. The number of carbonyl (C=O) groups excluding carboxylic acids is 3. The van der Waals surface area contributed by atoms with Crippen molar-refractivity contribution in [1.82, 2.24) is 4.90 Å². The Kier molecular flexibility index (Phi) is 4.98. The molecule has 1 aliphatic heterocycles. The molecule has 0 aromatic rings. The van der Waals surface area contributed by atoms with E-state index < -0.39 is 0 Å². The third-order valence-electron chi connectivity index (χ3n) is 9.37. The number of hydrogen-bond acceptors (Lipinski definition) is 5. The second-order valence-corrected chi connectivity index (χ2v) is 10.4. The summed E-state index contributed by atoms with van der Waals surface area (Å²) >= 11 is 0. The lowest BCUT2D eigenvalue weighted by molar-refractivity contribution is -0.196. The van der Waals surface area contributed by atoms with E-state index >= 15 is 0 Å². The van der Waals surface area contributed by atoms with Crippen LogP contribution in [0.3, 0.4) is 0 Å². The summed E-state index contributed by atoms with van der Waals surface area (Å²) in [5.74, 6) is 0.760. The van der Waals surface area contributed by atoms with E-state index in [0.717, 1.165) is 32.1 Å². The Morgan fingerprint density at radius 2 is 1.76 bits per heavy atom. The summed E-state index contributed by atoms with van der Waals surface area (Å²) in [5, 5.41) is 0. The van der Waals surface area contributed by atoms with E-state index in [1.54, 1.807) is 0 Å². The fraction of sp³-hybridized carbons (Fsp3) is 0.870. The number of likely N-dealkylation sites (tertiary alicyclic amines) is 1. The van der Waals surface area contributed by atoms with Crippen LogP contribution in [0.4, 0.5) is 0 Å². The lowest BCUT2D eigenvalue weighted by Crippen LogP contribution is -2.65. The second-order valence-electron chi connectivity index (χ2n) is 10.4. The summed E-state index contributed by atoms with van der Waals surface area (Å²) in [4.78, 5) is 38.8. The molecule has 162 valence electrons. The molecule has 4 aliphatic rings. The van der Waals surface area contributed by atoms with Crippen molar-refractivity contribution in [2.75, 3.05) is 14.2 Å². The average Bonchev–Trinajstić information content (AvgIpc) is 3.02. The van der Waals surface area contributed by atoms with Crippen molar-refractivity contribution < 1.29 is 23.9 Å². The molecule has 0 aromatic carbocycles. The monoisotopic (exact) mass is 405 g/mol. The summed E-state index contributed by atoms with van der Waals surface area (Å²) in [5.41, 5.74) is -0.0686. The minimum absolute atomic E-state index is 0.0364. The van der Waals surface area contributed by atoms with E-state index in [2.05, 4.69) is 13.8 Å². The van der Waals surface area contributed by atoms with Gasteiger partial charge in [0.25, 0.3) is 0 Å². The molecule has 0 N–H and O–H groups in total. The summed E-state index contributed by atoms with van der Waals surface area (Å²) in [6.07, 6.45) is 5.84. The topological polar surface area (TPSA) is 72.9 Å². The van der Waals surface area contributed by atoms with Crippen LogP contribution in [-0.4, -0.2) is 49.0 Å². The zero-order valence-electron chi connectivity index (χ0n) is 18.4. The third kappa shape index (κ3) is 2.92. The quantitative estimate of drug-likeness (QED) is 0.660. The van der Waals surface area contributed by atoms with Gasteiger partial charge in [-0.15, -0.1) is 0 Å². The van der Waals surface area contributed by atoms with Gasteiger partial charge < -0.3 is 14.4 Å². The molecule has 0 spiro atoms. The van der Waals surface area contributed by atoms with Gasteiger partial charge in [0, 0.05) is 38.8 Å². The van der Waals surface area contributed by atoms with Gasteiger partial charge in [-0.2, -0.15) is 0 Å². The fourth-order valence-corrected chi connectivity index (χ4v) is 7.92. The number of hydrogen-bond donors (Lipinski definition) is 0. The van der Waals surface area contributed by atoms with E-state index in [1.807, 2.05) is 11.9 Å². The SMILES string of the molecule is COC(=O)[C@H]1CC[C@H]2[C@@H]3[C@@H](OC(C)=O)C[C@H]4N(C)C(=O)CC[C@]4(C)[C@H]3CC[C@]12C. The zero-order chi connectivity index (χ0) is 21.1. The molecule has 0 unspecified atom stereocenters. The van der Waals surface area contributed by atoms with Crippen LogP contribution in [0.25, 0.3) is 0 Å². The first-order valence-corrected chi connectivity index (χ1v) is 11.1. The Morgan fingerprint density at radius 3 is 2.41 bits per heavy atom. The second kappa shape index (κ2) is 6.98. The first-order chi connectivity index (χ1) is 13.6. The molecule has 0 aromatic heterocycles. The zero-order valence-corrected chi connectivity index (χ0v) is 18.4. The number of piperidine rings is 1. The summed E-state index contributed by atoms with van der Waals surface area (Å²) in [7, 11) is 3.39. The van der Waals surface area contributed by atoms with Gasteiger partial charge in [-0.25, -0.2) is 0 Å². The van der Waals surface area contributed by atoms with Crippen LogP contribution in [-0.2, 0) is 23.9 Å². The maximum atomic E-state index is 12.5. The summed E-state index contributed by atoms with van der Waals surface area (Å²) < 4.78 is 11.1. The number of nitrogens with zero attached hydrogens (tertiary/aromatic N) is 1. The lowest BCUT2D eigenvalue weighted by Gasteiger charge is -2.63. The Morgan fingerprint density at radius 1 is 1.07 bits per heavy atom. The van der Waals surface area contributed by atoms with Crippen molar-refractivity contribution in [3.05, 3.63) is 0 Å². The largest absolute Gasteiger partial charge is 0.469 e. The molecule has 3 saturated carbocycles. The average molecular weight is 406 g/mol. The van der Waals surface area contributed by atoms with E-state index in [9.17, 15) is 14.4 Å². The minimum atomic E-state index is -0.253. The molecule has 1 heterocycles. The number of ether oxygens (including phenoxy) is 2. The summed E-state index contributed by atoms with van der Waals surface area (Å²) in [6, 6.07) is 0.108. The van der Waals surface area contributed by atoms with Crippen LogP contribution in [0.15, 0.2) is 0 Å². The Balaban J connectivity index is 1.72. The standard InChI is InChI=1S/C23H35NO5/c1-13(25)29-17-12-18-23(3,11-9-19(26)24(18)4)15-8-10-22(2)14(20(15)17)6-7-16(22)21(27)28-5/h14-18,20H,6-12H2,1-5H3/t14-,15-,16+,17-,18+,20-,22-,23+/m0/s1. The predicted octanol–water partition coefficient (Wildman–Crippen LogP) is 3.18. The van der Waals surface area contributed by atoms with Crippen LogP contribution in [0, 0.1) is 34.5 Å². The molecule has 1 amide bonds. The molecule has 1 saturated heterocycles. The lowest BCUT2D eigenvalue weighted by atomic mass is 9.46. The molecule has 8 atom stereocenters. The maximum absolute atomic E-state index is 12.5. The van der Waals surface area contributed by atoms with Crippen molar-refractivity contribution in [3.63, 3.8) is 0 Å². The van der Waals surface area contributed by atoms with Gasteiger partial charge in [0.05, 0.1) is 13.0 Å². The molecule has 4 fully saturated rings.